The molecule has 0 unspecified atom stereocenters. The number of hydrogen-bond donors (Lipinski definition) is 1. The Morgan fingerprint density at radius 2 is 2.35 bits per heavy atom. The fourth-order valence-corrected chi connectivity index (χ4v) is 3.29. The van der Waals surface area contributed by atoms with E-state index >= 15 is 0 Å². The van der Waals surface area contributed by atoms with E-state index in [1.165, 1.54) is 0 Å². The minimum atomic E-state index is -0.262. The Balaban J connectivity index is 1.82. The number of hydrogen-bond acceptors (Lipinski definition) is 4. The second-order valence-electron chi connectivity index (χ2n) is 6.00. The van der Waals surface area contributed by atoms with E-state index < -0.39 is 0 Å². The lowest BCUT2D eigenvalue weighted by molar-refractivity contribution is 0.0630. The third-order valence-electron chi connectivity index (χ3n) is 4.58. The first kappa shape index (κ1) is 13.5. The van der Waals surface area contributed by atoms with Gasteiger partial charge in [0.25, 0.3) is 5.91 Å². The maximum Gasteiger partial charge on any atom is 0.255 e. The van der Waals surface area contributed by atoms with Gasteiger partial charge in [-0.3, -0.25) is 9.78 Å². The number of nitrogens with zero attached hydrogens (tertiary/aromatic N) is 2. The molecule has 20 heavy (non-hydrogen) atoms. The molecular formula is C15H20N2O3. The van der Waals surface area contributed by atoms with Crippen LogP contribution in [0.5, 0.6) is 0 Å². The molecule has 0 aromatic carbocycles. The van der Waals surface area contributed by atoms with Crippen molar-refractivity contribution in [2.24, 2.45) is 11.3 Å². The van der Waals surface area contributed by atoms with Gasteiger partial charge in [0, 0.05) is 30.1 Å². The second kappa shape index (κ2) is 4.82. The first-order chi connectivity index (χ1) is 9.55. The number of amides is 1. The van der Waals surface area contributed by atoms with Crippen molar-refractivity contribution in [3.8, 4) is 0 Å². The van der Waals surface area contributed by atoms with Crippen molar-refractivity contribution in [3.05, 3.63) is 29.1 Å². The third kappa shape index (κ3) is 2.01. The first-order valence-electron chi connectivity index (χ1n) is 6.98. The van der Waals surface area contributed by atoms with E-state index in [0.717, 1.165) is 11.4 Å². The lowest BCUT2D eigenvalue weighted by Crippen LogP contribution is -2.36. The molecule has 0 spiro atoms. The zero-order chi connectivity index (χ0) is 14.3. The zero-order valence-corrected chi connectivity index (χ0v) is 11.9. The summed E-state index contributed by atoms with van der Waals surface area (Å²) in [5.41, 5.74) is 2.07. The maximum atomic E-state index is 12.6. The van der Waals surface area contributed by atoms with Gasteiger partial charge in [0.15, 0.2) is 0 Å². The van der Waals surface area contributed by atoms with Crippen molar-refractivity contribution in [1.29, 1.82) is 0 Å². The van der Waals surface area contributed by atoms with E-state index in [2.05, 4.69) is 4.98 Å². The molecule has 0 bridgehead atoms. The predicted octanol–water partition coefficient (Wildman–Crippen LogP) is 0.779. The molecular weight excluding hydrogens is 256 g/mol. The molecule has 2 fully saturated rings. The molecule has 3 rings (SSSR count). The summed E-state index contributed by atoms with van der Waals surface area (Å²) in [7, 11) is 0. The van der Waals surface area contributed by atoms with Crippen LogP contribution >= 0.6 is 0 Å². The molecule has 1 aromatic rings. The number of aliphatic hydroxyl groups is 1. The number of aryl methyl sites for hydroxylation is 2. The number of fused-ring (bicyclic) bond motifs is 1. The summed E-state index contributed by atoms with van der Waals surface area (Å²) in [6, 6.07) is 3.71. The minimum absolute atomic E-state index is 0.0113. The van der Waals surface area contributed by atoms with E-state index in [4.69, 9.17) is 4.74 Å². The van der Waals surface area contributed by atoms with Gasteiger partial charge in [-0.05, 0) is 26.0 Å². The van der Waals surface area contributed by atoms with Crippen molar-refractivity contribution >= 4 is 5.91 Å². The topological polar surface area (TPSA) is 62.7 Å². The molecule has 1 N–H and O–H groups in total. The minimum Gasteiger partial charge on any atom is -0.396 e. The molecule has 0 saturated carbocycles. The molecule has 2 atom stereocenters. The van der Waals surface area contributed by atoms with Crippen LogP contribution in [0.1, 0.15) is 21.7 Å². The van der Waals surface area contributed by atoms with Gasteiger partial charge in [0.1, 0.15) is 0 Å². The Bertz CT molecular complexity index is 546. The maximum absolute atomic E-state index is 12.6. The molecule has 108 valence electrons. The average Bonchev–Trinajstić information content (AvgIpc) is 2.94. The van der Waals surface area contributed by atoms with Crippen LogP contribution in [0.3, 0.4) is 0 Å². The van der Waals surface area contributed by atoms with Crippen LogP contribution in [0.4, 0.5) is 0 Å². The quantitative estimate of drug-likeness (QED) is 0.867. The first-order valence-corrected chi connectivity index (χ1v) is 6.98. The number of rotatable bonds is 2. The molecule has 1 amide bonds. The van der Waals surface area contributed by atoms with E-state index in [1.807, 2.05) is 30.9 Å². The van der Waals surface area contributed by atoms with E-state index in [-0.39, 0.29) is 23.8 Å². The second-order valence-corrected chi connectivity index (χ2v) is 6.00. The van der Waals surface area contributed by atoms with Gasteiger partial charge in [-0.2, -0.15) is 0 Å². The van der Waals surface area contributed by atoms with Crippen LogP contribution in [-0.4, -0.2) is 53.8 Å². The molecule has 2 saturated heterocycles. The van der Waals surface area contributed by atoms with Crippen LogP contribution in [0.25, 0.3) is 0 Å². The molecule has 2 aliphatic rings. The molecule has 0 aliphatic carbocycles. The Morgan fingerprint density at radius 3 is 3.00 bits per heavy atom. The smallest absolute Gasteiger partial charge is 0.255 e. The summed E-state index contributed by atoms with van der Waals surface area (Å²) < 4.78 is 5.47. The number of carbonyl (C=O) groups excluding carboxylic acids is 1. The highest BCUT2D eigenvalue weighted by Gasteiger charge is 2.51. The Hall–Kier alpha value is -1.46. The number of likely N-dealkylation sites (tertiary alicyclic amines) is 1. The van der Waals surface area contributed by atoms with E-state index in [0.29, 0.717) is 31.9 Å². The lowest BCUT2D eigenvalue weighted by Gasteiger charge is -2.24. The SMILES string of the molecule is Cc1ccc(C(=O)N2C[C@H]3COC[C@@]3(CO)C2)c(C)n1. The van der Waals surface area contributed by atoms with Crippen molar-refractivity contribution in [1.82, 2.24) is 9.88 Å². The molecule has 0 radical (unpaired) electrons. The van der Waals surface area contributed by atoms with Crippen molar-refractivity contribution in [2.75, 3.05) is 32.9 Å². The van der Waals surface area contributed by atoms with Crippen LogP contribution in [0.15, 0.2) is 12.1 Å². The molecule has 3 heterocycles. The van der Waals surface area contributed by atoms with Gasteiger partial charge < -0.3 is 14.7 Å². The highest BCUT2D eigenvalue weighted by Crippen LogP contribution is 2.41. The Labute approximate surface area is 118 Å². The molecule has 5 heteroatoms. The van der Waals surface area contributed by atoms with Crippen LogP contribution < -0.4 is 0 Å². The van der Waals surface area contributed by atoms with E-state index in [1.54, 1.807) is 0 Å². The molecule has 2 aliphatic heterocycles. The number of aliphatic hydroxyl groups excluding tert-OH is 1. The average molecular weight is 276 g/mol. The van der Waals surface area contributed by atoms with Crippen molar-refractivity contribution in [3.63, 3.8) is 0 Å². The van der Waals surface area contributed by atoms with Gasteiger partial charge in [-0.1, -0.05) is 0 Å². The van der Waals surface area contributed by atoms with Crippen LogP contribution in [-0.2, 0) is 4.74 Å². The number of carbonyl (C=O) groups is 1. The summed E-state index contributed by atoms with van der Waals surface area (Å²) in [5.74, 6) is 0.257. The number of pyridine rings is 1. The van der Waals surface area contributed by atoms with Crippen LogP contribution in [0, 0.1) is 25.2 Å². The highest BCUT2D eigenvalue weighted by molar-refractivity contribution is 5.95. The summed E-state index contributed by atoms with van der Waals surface area (Å²) in [6.07, 6.45) is 0. The van der Waals surface area contributed by atoms with Crippen molar-refractivity contribution in [2.45, 2.75) is 13.8 Å². The highest BCUT2D eigenvalue weighted by atomic mass is 16.5. The summed E-state index contributed by atoms with van der Waals surface area (Å²) in [4.78, 5) is 18.8. The van der Waals surface area contributed by atoms with Gasteiger partial charge in [0.05, 0.1) is 31.1 Å². The van der Waals surface area contributed by atoms with E-state index in [9.17, 15) is 9.90 Å². The largest absolute Gasteiger partial charge is 0.396 e. The number of ether oxygens (including phenoxy) is 1. The summed E-state index contributed by atoms with van der Waals surface area (Å²) in [6.45, 7) is 6.26. The lowest BCUT2D eigenvalue weighted by atomic mass is 9.82. The van der Waals surface area contributed by atoms with Gasteiger partial charge in [-0.25, -0.2) is 0 Å². The van der Waals surface area contributed by atoms with Crippen molar-refractivity contribution < 1.29 is 14.6 Å². The third-order valence-corrected chi connectivity index (χ3v) is 4.58. The molecule has 1 aromatic heterocycles. The summed E-state index contributed by atoms with van der Waals surface area (Å²) in [5, 5.41) is 9.66. The fourth-order valence-electron chi connectivity index (χ4n) is 3.29. The Morgan fingerprint density at radius 1 is 1.55 bits per heavy atom. The monoisotopic (exact) mass is 276 g/mol. The van der Waals surface area contributed by atoms with Crippen LogP contribution in [0.2, 0.25) is 0 Å². The fraction of sp³-hybridized carbons (Fsp3) is 0.600. The standard InChI is InChI=1S/C15H20N2O3/c1-10-3-4-13(11(2)16-10)14(19)17-5-12-6-20-9-15(12,7-17)8-18/h3-4,12,18H,5-9H2,1-2H3/t12-,15-/m0/s1. The van der Waals surface area contributed by atoms with Gasteiger partial charge in [-0.15, -0.1) is 0 Å². The zero-order valence-electron chi connectivity index (χ0n) is 11.9. The normalized spacial score (nSPS) is 28.8. The molecule has 5 nitrogen and oxygen atoms in total. The van der Waals surface area contributed by atoms with Gasteiger partial charge in [0.2, 0.25) is 0 Å². The predicted molar refractivity (Wildman–Crippen MR) is 73.4 cm³/mol. The van der Waals surface area contributed by atoms with Gasteiger partial charge >= 0.3 is 0 Å². The number of aromatic nitrogens is 1. The Kier molecular flexibility index (Phi) is 3.26. The summed E-state index contributed by atoms with van der Waals surface area (Å²) >= 11 is 0.